The normalized spacial score (nSPS) is 21.2. The molecule has 24 nitrogen and oxygen atoms in total. The zero-order valence-corrected chi connectivity index (χ0v) is 52.5. The molecule has 1 aromatic carbocycles. The number of unbranched alkanes of at least 4 members (excludes halogenated alkanes) is 4. The number of rotatable bonds is 33. The standard InChI is InChI=1S/C62H101N11O13/c1-11-13-14-15-19-24-50(75)71-26-20-23-41(34-71)55(79)65-45(31-40-21-17-16-18-22-40)57(81)66-44(28-36(3)4)56(80)67-46(29-37(5)6)61(85)73-35-42(74)32-49(73)62(86)70(10)48(30-38(7)8)58(82)68-47(33-51(76)77)60(84)72-27-25-43(63)53(72)59(83)69-52(54(64)78)39(9)12-2/h16-18,21-22,36-39,41-49,52-53,74H,11-15,19-20,23-35,63H2,1-10H3,(H2,64,78)(H,65,79)(H,66,81)(H,67,80)(H,68,82)(H,69,83)(H,76,77)/t39-,41-,42+,43+,44+,45-,46-,47-,48-,49-,52-,53-/m0/s1. The van der Waals surface area contributed by atoms with Gasteiger partial charge in [-0.3, -0.25) is 52.7 Å². The Morgan fingerprint density at radius 3 is 1.87 bits per heavy atom. The highest BCUT2D eigenvalue weighted by Gasteiger charge is 2.47. The number of benzene rings is 1. The minimum absolute atomic E-state index is 0.000602. The van der Waals surface area contributed by atoms with Crippen molar-refractivity contribution in [3.63, 3.8) is 0 Å². The summed E-state index contributed by atoms with van der Waals surface area (Å²) in [7, 11) is 1.32. The van der Waals surface area contributed by atoms with Crippen LogP contribution in [-0.4, -0.2) is 189 Å². The number of aliphatic carboxylic acids is 1. The van der Waals surface area contributed by atoms with E-state index in [0.29, 0.717) is 32.2 Å². The van der Waals surface area contributed by atoms with Gasteiger partial charge in [-0.2, -0.15) is 0 Å². The molecule has 4 rings (SSSR count). The van der Waals surface area contributed by atoms with Gasteiger partial charge >= 0.3 is 5.97 Å². The van der Waals surface area contributed by atoms with Gasteiger partial charge in [-0.1, -0.05) is 125 Å². The molecular formula is C62H101N11O13. The van der Waals surface area contributed by atoms with Gasteiger partial charge in [-0.05, 0) is 74.2 Å². The second-order valence-corrected chi connectivity index (χ2v) is 25.3. The number of piperidine rings is 1. The van der Waals surface area contributed by atoms with E-state index in [1.54, 1.807) is 32.6 Å². The van der Waals surface area contributed by atoms with E-state index in [1.807, 2.05) is 58.0 Å². The van der Waals surface area contributed by atoms with Crippen LogP contribution in [0.4, 0.5) is 0 Å². The monoisotopic (exact) mass is 1210 g/mol. The summed E-state index contributed by atoms with van der Waals surface area (Å²) in [6.45, 7) is 17.0. The van der Waals surface area contributed by atoms with Crippen LogP contribution in [0.15, 0.2) is 30.3 Å². The van der Waals surface area contributed by atoms with Gasteiger partial charge in [0, 0.05) is 58.5 Å². The van der Waals surface area contributed by atoms with E-state index < -0.39 is 126 Å². The Morgan fingerprint density at radius 1 is 0.674 bits per heavy atom. The summed E-state index contributed by atoms with van der Waals surface area (Å²) >= 11 is 0. The van der Waals surface area contributed by atoms with Gasteiger partial charge in [0.05, 0.1) is 18.4 Å². The van der Waals surface area contributed by atoms with Crippen LogP contribution in [0.25, 0.3) is 0 Å². The molecule has 3 fully saturated rings. The Kier molecular flexibility index (Phi) is 28.9. The van der Waals surface area contributed by atoms with E-state index >= 15 is 0 Å². The number of nitrogens with zero attached hydrogens (tertiary/aromatic N) is 4. The smallest absolute Gasteiger partial charge is 0.305 e. The number of primary amides is 1. The van der Waals surface area contributed by atoms with Crippen molar-refractivity contribution in [3.05, 3.63) is 35.9 Å². The van der Waals surface area contributed by atoms with Gasteiger partial charge < -0.3 is 67.9 Å². The summed E-state index contributed by atoms with van der Waals surface area (Å²) in [5.74, 6) is -9.62. The van der Waals surface area contributed by atoms with E-state index in [-0.39, 0.29) is 93.6 Å². The fraction of sp³-hybridized carbons (Fsp3) is 0.726. The SMILES string of the molecule is CCCCCCCC(=O)N1CCC[C@H](C(=O)N[C@@H](Cc2ccccc2)C(=O)N[C@H](CC(C)C)C(=O)N[C@@H](CC(C)C)C(=O)N2C[C@H](O)C[C@H]2C(=O)N(C)[C@@H](CC(C)C)C(=O)N[C@@H](CC(=O)O)C(=O)N2CC[C@@H](N)[C@H]2C(=O)N[C@H](C(N)=O)[C@@H](C)CC)C1. The largest absolute Gasteiger partial charge is 0.481 e. The molecule has 24 heteroatoms. The predicted molar refractivity (Wildman–Crippen MR) is 323 cm³/mol. The molecule has 0 unspecified atom stereocenters. The molecule has 10 amide bonds. The van der Waals surface area contributed by atoms with Gasteiger partial charge in [-0.15, -0.1) is 0 Å². The molecule has 0 bridgehead atoms. The number of amides is 10. The zero-order valence-electron chi connectivity index (χ0n) is 52.5. The third-order valence-corrected chi connectivity index (χ3v) is 16.7. The molecule has 3 heterocycles. The summed E-state index contributed by atoms with van der Waals surface area (Å²) in [5.41, 5.74) is 12.7. The number of carboxylic acids is 1. The Morgan fingerprint density at radius 2 is 1.27 bits per heavy atom. The van der Waals surface area contributed by atoms with Crippen molar-refractivity contribution in [1.29, 1.82) is 0 Å². The number of aliphatic hydroxyl groups excluding tert-OH is 1. The van der Waals surface area contributed by atoms with Crippen molar-refractivity contribution >= 4 is 65.0 Å². The first kappa shape index (κ1) is 71.8. The lowest BCUT2D eigenvalue weighted by atomic mass is 9.95. The highest BCUT2D eigenvalue weighted by molar-refractivity contribution is 5.99. The molecule has 482 valence electrons. The molecule has 0 saturated carbocycles. The van der Waals surface area contributed by atoms with E-state index in [4.69, 9.17) is 11.5 Å². The van der Waals surface area contributed by atoms with Crippen molar-refractivity contribution in [2.24, 2.45) is 41.1 Å². The number of nitrogens with two attached hydrogens (primary N) is 2. The van der Waals surface area contributed by atoms with Crippen LogP contribution in [-0.2, 0) is 59.2 Å². The first-order valence-electron chi connectivity index (χ1n) is 31.2. The lowest BCUT2D eigenvalue weighted by molar-refractivity contribution is -0.150. The molecule has 3 aliphatic heterocycles. The lowest BCUT2D eigenvalue weighted by Gasteiger charge is -2.36. The van der Waals surface area contributed by atoms with E-state index in [1.165, 1.54) is 11.9 Å². The molecule has 3 aliphatic rings. The number of hydrogen-bond acceptors (Lipinski definition) is 13. The third kappa shape index (κ3) is 21.3. The second-order valence-electron chi connectivity index (χ2n) is 25.3. The Bertz CT molecular complexity index is 2480. The van der Waals surface area contributed by atoms with Gasteiger partial charge in [0.1, 0.15) is 48.3 Å². The van der Waals surface area contributed by atoms with E-state index in [9.17, 15) is 63.0 Å². The number of likely N-dealkylation sites (N-methyl/N-ethyl adjacent to an activating group) is 1. The number of carbonyl (C=O) groups excluding carboxylic acids is 10. The van der Waals surface area contributed by atoms with Crippen molar-refractivity contribution in [2.45, 2.75) is 226 Å². The Labute approximate surface area is 508 Å². The minimum atomic E-state index is -1.75. The molecule has 11 N–H and O–H groups in total. The average molecular weight is 1210 g/mol. The van der Waals surface area contributed by atoms with Gasteiger partial charge in [0.2, 0.25) is 59.1 Å². The Balaban J connectivity index is 1.56. The number of nitrogens with one attached hydrogen (secondary N) is 5. The van der Waals surface area contributed by atoms with Crippen LogP contribution in [0.5, 0.6) is 0 Å². The summed E-state index contributed by atoms with van der Waals surface area (Å²) in [6, 6.07) is -2.30. The molecule has 0 spiro atoms. The lowest BCUT2D eigenvalue weighted by Crippen LogP contribution is -2.62. The van der Waals surface area contributed by atoms with Gasteiger partial charge in [0.25, 0.3) is 0 Å². The maximum absolute atomic E-state index is 14.9. The maximum atomic E-state index is 14.9. The van der Waals surface area contributed by atoms with Crippen LogP contribution in [0.2, 0.25) is 0 Å². The first-order chi connectivity index (χ1) is 40.6. The number of carbonyl (C=O) groups is 11. The van der Waals surface area contributed by atoms with E-state index in [0.717, 1.165) is 47.5 Å². The van der Waals surface area contributed by atoms with Gasteiger partial charge in [0.15, 0.2) is 0 Å². The summed E-state index contributed by atoms with van der Waals surface area (Å²) in [5, 5.41) is 34.9. The molecule has 0 aromatic heterocycles. The molecule has 12 atom stereocenters. The molecule has 0 aliphatic carbocycles. The average Bonchev–Trinajstić information content (AvgIpc) is 2.41. The van der Waals surface area contributed by atoms with Gasteiger partial charge in [-0.25, -0.2) is 0 Å². The van der Waals surface area contributed by atoms with Crippen molar-refractivity contribution in [2.75, 3.05) is 33.2 Å². The number of hydrogen-bond donors (Lipinski definition) is 9. The van der Waals surface area contributed by atoms with Crippen LogP contribution in [0, 0.1) is 29.6 Å². The summed E-state index contributed by atoms with van der Waals surface area (Å²) in [6.07, 6.45) is 5.14. The van der Waals surface area contributed by atoms with Crippen LogP contribution >= 0.6 is 0 Å². The first-order valence-corrected chi connectivity index (χ1v) is 31.2. The van der Waals surface area contributed by atoms with Crippen LogP contribution in [0.1, 0.15) is 164 Å². The number of aliphatic hydroxyl groups is 1. The molecule has 1 aromatic rings. The quantitative estimate of drug-likeness (QED) is 0.0456. The molecular weight excluding hydrogens is 1110 g/mol. The zero-order chi connectivity index (χ0) is 64.1. The topological polar surface area (TPSA) is 353 Å². The summed E-state index contributed by atoms with van der Waals surface area (Å²) in [4.78, 5) is 158. The van der Waals surface area contributed by atoms with Crippen molar-refractivity contribution in [1.82, 2.24) is 46.2 Å². The Hall–Kier alpha value is -6.69. The molecule has 0 radical (unpaired) electrons. The van der Waals surface area contributed by atoms with Crippen molar-refractivity contribution in [3.8, 4) is 0 Å². The third-order valence-electron chi connectivity index (χ3n) is 16.7. The summed E-state index contributed by atoms with van der Waals surface area (Å²) < 4.78 is 0. The highest BCUT2D eigenvalue weighted by Crippen LogP contribution is 2.27. The predicted octanol–water partition coefficient (Wildman–Crippen LogP) is 2.11. The van der Waals surface area contributed by atoms with Crippen LogP contribution < -0.4 is 38.1 Å². The highest BCUT2D eigenvalue weighted by atomic mass is 16.4. The minimum Gasteiger partial charge on any atom is -0.481 e. The number of carboxylic acid groups (broad SMARTS) is 1. The number of β-amino-alcohol motifs (C(OH)–C–C–N with tert-alkyl or cyclic N) is 1. The maximum Gasteiger partial charge on any atom is 0.305 e. The van der Waals surface area contributed by atoms with Crippen LogP contribution in [0.3, 0.4) is 0 Å². The molecule has 86 heavy (non-hydrogen) atoms. The molecule has 3 saturated heterocycles. The number of likely N-dealkylation sites (tertiary alicyclic amines) is 3. The second kappa shape index (κ2) is 34.6. The van der Waals surface area contributed by atoms with Crippen molar-refractivity contribution < 1.29 is 63.0 Å². The fourth-order valence-corrected chi connectivity index (χ4v) is 11.7. The van der Waals surface area contributed by atoms with E-state index in [2.05, 4.69) is 33.5 Å². The fourth-order valence-electron chi connectivity index (χ4n) is 11.7.